The molecule has 2 heterocycles. The molecule has 1 saturated heterocycles. The number of fused-ring (bicyclic) bond motifs is 1. The van der Waals surface area contributed by atoms with Crippen LogP contribution in [0.1, 0.15) is 40.7 Å². The maximum absolute atomic E-state index is 12.5. The normalized spacial score (nSPS) is 14.7. The molecule has 1 aromatic heterocycles. The minimum absolute atomic E-state index is 0.151. The average molecular weight is 366 g/mol. The van der Waals surface area contributed by atoms with Gasteiger partial charge in [0.05, 0.1) is 0 Å². The molecule has 0 saturated carbocycles. The van der Waals surface area contributed by atoms with E-state index in [4.69, 9.17) is 4.42 Å². The second kappa shape index (κ2) is 7.54. The Balaban J connectivity index is 1.40. The lowest BCUT2D eigenvalue weighted by molar-refractivity contribution is 0.0724. The predicted molar refractivity (Wildman–Crippen MR) is 105 cm³/mol. The van der Waals surface area contributed by atoms with Gasteiger partial charge in [0.25, 0.3) is 11.1 Å². The Bertz CT molecular complexity index is 911. The maximum atomic E-state index is 12.5. The first-order valence-corrected chi connectivity index (χ1v) is 10.1. The molecule has 4 rings (SSSR count). The number of carbonyl (C=O) groups is 1. The summed E-state index contributed by atoms with van der Waals surface area (Å²) in [7, 11) is 0. The van der Waals surface area contributed by atoms with E-state index in [2.05, 4.69) is 4.98 Å². The van der Waals surface area contributed by atoms with Crippen molar-refractivity contribution in [1.82, 2.24) is 9.88 Å². The summed E-state index contributed by atoms with van der Waals surface area (Å²) >= 11 is 1.58. The zero-order valence-electron chi connectivity index (χ0n) is 14.9. The highest BCUT2D eigenvalue weighted by molar-refractivity contribution is 7.98. The Morgan fingerprint density at radius 3 is 2.62 bits per heavy atom. The Hall–Kier alpha value is -2.27. The summed E-state index contributed by atoms with van der Waals surface area (Å²) in [4.78, 5) is 19.1. The molecule has 0 bridgehead atoms. The number of piperidine rings is 1. The molecule has 26 heavy (non-hydrogen) atoms. The van der Waals surface area contributed by atoms with Gasteiger partial charge in [-0.1, -0.05) is 36.0 Å². The fourth-order valence-corrected chi connectivity index (χ4v) is 4.08. The third kappa shape index (κ3) is 3.63. The summed E-state index contributed by atoms with van der Waals surface area (Å²) < 4.78 is 5.80. The number of likely N-dealkylation sites (tertiary alicyclic amines) is 1. The van der Waals surface area contributed by atoms with Crippen molar-refractivity contribution >= 4 is 28.8 Å². The summed E-state index contributed by atoms with van der Waals surface area (Å²) in [5.41, 5.74) is 4.81. The van der Waals surface area contributed by atoms with Gasteiger partial charge in [0.1, 0.15) is 5.52 Å². The number of rotatable bonds is 4. The highest BCUT2D eigenvalue weighted by atomic mass is 32.2. The lowest BCUT2D eigenvalue weighted by Crippen LogP contribution is -2.35. The topological polar surface area (TPSA) is 46.3 Å². The van der Waals surface area contributed by atoms with E-state index in [0.717, 1.165) is 59.5 Å². The van der Waals surface area contributed by atoms with Crippen LogP contribution in [-0.4, -0.2) is 28.9 Å². The molecule has 1 amide bonds. The Morgan fingerprint density at radius 1 is 1.12 bits per heavy atom. The van der Waals surface area contributed by atoms with Crippen molar-refractivity contribution in [2.24, 2.45) is 0 Å². The molecular formula is C21H22N2O2S. The third-order valence-corrected chi connectivity index (χ3v) is 5.71. The van der Waals surface area contributed by atoms with Crippen molar-refractivity contribution in [3.05, 3.63) is 59.2 Å². The van der Waals surface area contributed by atoms with E-state index in [1.54, 1.807) is 11.8 Å². The SMILES string of the molecule is Cc1cccc2oc(SCc3ccc(C(=O)N4CCCCC4)cc3)nc12. The van der Waals surface area contributed by atoms with Gasteiger partial charge in [-0.15, -0.1) is 0 Å². The standard InChI is InChI=1S/C21H22N2O2S/c1-15-6-5-7-18-19(15)22-21(25-18)26-14-16-8-10-17(11-9-16)20(24)23-12-3-2-4-13-23/h5-11H,2-4,12-14H2,1H3. The van der Waals surface area contributed by atoms with Gasteiger partial charge in [0.2, 0.25) is 0 Å². The van der Waals surface area contributed by atoms with E-state index in [9.17, 15) is 4.79 Å². The number of hydrogen-bond donors (Lipinski definition) is 0. The summed E-state index contributed by atoms with van der Waals surface area (Å²) in [5.74, 6) is 0.919. The number of hydrogen-bond acceptors (Lipinski definition) is 4. The molecule has 2 aromatic carbocycles. The van der Waals surface area contributed by atoms with Crippen LogP contribution in [-0.2, 0) is 5.75 Å². The number of amides is 1. The van der Waals surface area contributed by atoms with E-state index >= 15 is 0 Å². The molecule has 1 aliphatic rings. The third-order valence-electron chi connectivity index (χ3n) is 4.81. The van der Waals surface area contributed by atoms with Crippen molar-refractivity contribution in [3.8, 4) is 0 Å². The zero-order chi connectivity index (χ0) is 17.9. The number of carbonyl (C=O) groups excluding carboxylic acids is 1. The molecule has 134 valence electrons. The lowest BCUT2D eigenvalue weighted by Gasteiger charge is -2.26. The fraction of sp³-hybridized carbons (Fsp3) is 0.333. The van der Waals surface area contributed by atoms with Crippen LogP contribution in [0.4, 0.5) is 0 Å². The van der Waals surface area contributed by atoms with Gasteiger partial charge in [-0.05, 0) is 55.5 Å². The second-order valence-electron chi connectivity index (χ2n) is 6.74. The molecule has 0 radical (unpaired) electrons. The molecule has 1 aliphatic heterocycles. The van der Waals surface area contributed by atoms with Crippen LogP contribution >= 0.6 is 11.8 Å². The smallest absolute Gasteiger partial charge is 0.257 e. The fourth-order valence-electron chi connectivity index (χ4n) is 3.30. The van der Waals surface area contributed by atoms with Crippen LogP contribution in [0.2, 0.25) is 0 Å². The van der Waals surface area contributed by atoms with E-state index in [1.807, 2.05) is 54.3 Å². The first-order valence-electron chi connectivity index (χ1n) is 9.08. The van der Waals surface area contributed by atoms with Gasteiger partial charge in [-0.2, -0.15) is 0 Å². The molecule has 1 fully saturated rings. The first kappa shape index (κ1) is 17.2. The summed E-state index contributed by atoms with van der Waals surface area (Å²) in [6.45, 7) is 3.80. The highest BCUT2D eigenvalue weighted by Crippen LogP contribution is 2.27. The molecule has 5 heteroatoms. The van der Waals surface area contributed by atoms with E-state index in [1.165, 1.54) is 6.42 Å². The minimum atomic E-state index is 0.151. The van der Waals surface area contributed by atoms with Crippen LogP contribution in [0.5, 0.6) is 0 Å². The number of aryl methyl sites for hydroxylation is 1. The summed E-state index contributed by atoms with van der Waals surface area (Å²) in [6.07, 6.45) is 3.46. The summed E-state index contributed by atoms with van der Waals surface area (Å²) in [5, 5.41) is 0.683. The maximum Gasteiger partial charge on any atom is 0.257 e. The number of para-hydroxylation sites is 1. The zero-order valence-corrected chi connectivity index (χ0v) is 15.7. The molecule has 4 nitrogen and oxygen atoms in total. The molecule has 0 atom stereocenters. The van der Waals surface area contributed by atoms with Gasteiger partial charge >= 0.3 is 0 Å². The number of aromatic nitrogens is 1. The number of nitrogens with zero attached hydrogens (tertiary/aromatic N) is 2. The van der Waals surface area contributed by atoms with Gasteiger partial charge in [-0.25, -0.2) is 4.98 Å². The van der Waals surface area contributed by atoms with Crippen LogP contribution in [0, 0.1) is 6.92 Å². The average Bonchev–Trinajstić information content (AvgIpc) is 3.11. The van der Waals surface area contributed by atoms with Gasteiger partial charge in [0.15, 0.2) is 5.58 Å². The number of oxazole rings is 1. The van der Waals surface area contributed by atoms with Crippen LogP contribution in [0.3, 0.4) is 0 Å². The van der Waals surface area contributed by atoms with Crippen molar-refractivity contribution in [2.45, 2.75) is 37.2 Å². The highest BCUT2D eigenvalue weighted by Gasteiger charge is 2.18. The Morgan fingerprint density at radius 2 is 1.88 bits per heavy atom. The van der Waals surface area contributed by atoms with Crippen molar-refractivity contribution < 1.29 is 9.21 Å². The van der Waals surface area contributed by atoms with Crippen molar-refractivity contribution in [1.29, 1.82) is 0 Å². The monoisotopic (exact) mass is 366 g/mol. The molecule has 0 unspecified atom stereocenters. The molecule has 0 N–H and O–H groups in total. The van der Waals surface area contributed by atoms with E-state index in [0.29, 0.717) is 5.22 Å². The van der Waals surface area contributed by atoms with E-state index in [-0.39, 0.29) is 5.91 Å². The number of benzene rings is 2. The lowest BCUT2D eigenvalue weighted by atomic mass is 10.1. The Labute approximate surface area is 157 Å². The summed E-state index contributed by atoms with van der Waals surface area (Å²) in [6, 6.07) is 13.9. The van der Waals surface area contributed by atoms with Crippen molar-refractivity contribution in [2.75, 3.05) is 13.1 Å². The second-order valence-corrected chi connectivity index (χ2v) is 7.67. The molecule has 3 aromatic rings. The van der Waals surface area contributed by atoms with Gasteiger partial charge < -0.3 is 9.32 Å². The Kier molecular flexibility index (Phi) is 4.98. The van der Waals surface area contributed by atoms with Crippen LogP contribution < -0.4 is 0 Å². The molecular weight excluding hydrogens is 344 g/mol. The molecule has 0 spiro atoms. The van der Waals surface area contributed by atoms with Crippen LogP contribution in [0.15, 0.2) is 52.1 Å². The van der Waals surface area contributed by atoms with Gasteiger partial charge in [0, 0.05) is 24.4 Å². The van der Waals surface area contributed by atoms with Gasteiger partial charge in [-0.3, -0.25) is 4.79 Å². The van der Waals surface area contributed by atoms with Crippen molar-refractivity contribution in [3.63, 3.8) is 0 Å². The van der Waals surface area contributed by atoms with Crippen LogP contribution in [0.25, 0.3) is 11.1 Å². The predicted octanol–water partition coefficient (Wildman–Crippen LogP) is 5.05. The minimum Gasteiger partial charge on any atom is -0.431 e. The molecule has 0 aliphatic carbocycles. The quantitative estimate of drug-likeness (QED) is 0.606. The number of thioether (sulfide) groups is 1. The first-order chi connectivity index (χ1) is 12.7. The van der Waals surface area contributed by atoms with E-state index < -0.39 is 0 Å². The largest absolute Gasteiger partial charge is 0.431 e.